The predicted octanol–water partition coefficient (Wildman–Crippen LogP) is 2.26. The van der Waals surface area contributed by atoms with Gasteiger partial charge in [-0.3, -0.25) is 4.79 Å². The van der Waals surface area contributed by atoms with Crippen molar-refractivity contribution in [1.82, 2.24) is 5.32 Å². The van der Waals surface area contributed by atoms with Gasteiger partial charge in [0.05, 0.1) is 0 Å². The average molecular weight is 272 g/mol. The monoisotopic (exact) mass is 272 g/mol. The lowest BCUT2D eigenvalue weighted by molar-refractivity contribution is 0.0950. The first-order valence-electron chi connectivity index (χ1n) is 6.50. The standard InChI is InChI=1S/C16H17FN2O/c17-15-6-2-4-13(10-15)11-19-16(20)14-5-1-3-12(9-14)7-8-18/h1-6,9-10H,7-8,11,18H2,(H,19,20). The second-order valence-corrected chi connectivity index (χ2v) is 4.55. The molecule has 0 radical (unpaired) electrons. The first-order valence-corrected chi connectivity index (χ1v) is 6.50. The van der Waals surface area contributed by atoms with Gasteiger partial charge in [-0.05, 0) is 48.4 Å². The number of amides is 1. The van der Waals surface area contributed by atoms with Crippen LogP contribution in [0.25, 0.3) is 0 Å². The normalized spacial score (nSPS) is 10.3. The average Bonchev–Trinajstić information content (AvgIpc) is 2.45. The van der Waals surface area contributed by atoms with E-state index in [1.165, 1.54) is 12.1 Å². The molecule has 0 heterocycles. The second kappa shape index (κ2) is 6.82. The summed E-state index contributed by atoms with van der Waals surface area (Å²) >= 11 is 0. The second-order valence-electron chi connectivity index (χ2n) is 4.55. The molecule has 2 aromatic carbocycles. The van der Waals surface area contributed by atoms with Crippen LogP contribution in [0.5, 0.6) is 0 Å². The van der Waals surface area contributed by atoms with Crippen molar-refractivity contribution in [3.8, 4) is 0 Å². The molecule has 0 aliphatic rings. The van der Waals surface area contributed by atoms with Gasteiger partial charge in [-0.2, -0.15) is 0 Å². The van der Waals surface area contributed by atoms with Gasteiger partial charge >= 0.3 is 0 Å². The maximum atomic E-state index is 13.0. The Morgan fingerprint density at radius 3 is 2.60 bits per heavy atom. The van der Waals surface area contributed by atoms with Crippen LogP contribution >= 0.6 is 0 Å². The van der Waals surface area contributed by atoms with Crippen LogP contribution in [0.3, 0.4) is 0 Å². The smallest absolute Gasteiger partial charge is 0.251 e. The number of benzene rings is 2. The fraction of sp³-hybridized carbons (Fsp3) is 0.188. The van der Waals surface area contributed by atoms with Crippen molar-refractivity contribution in [3.63, 3.8) is 0 Å². The zero-order valence-electron chi connectivity index (χ0n) is 11.1. The van der Waals surface area contributed by atoms with E-state index in [0.717, 1.165) is 17.5 Å². The molecule has 0 spiro atoms. The molecular weight excluding hydrogens is 255 g/mol. The SMILES string of the molecule is NCCc1cccc(C(=O)NCc2cccc(F)c2)c1. The summed E-state index contributed by atoms with van der Waals surface area (Å²) in [7, 11) is 0. The predicted molar refractivity (Wildman–Crippen MR) is 76.8 cm³/mol. The van der Waals surface area contributed by atoms with E-state index in [1.54, 1.807) is 18.2 Å². The van der Waals surface area contributed by atoms with E-state index in [9.17, 15) is 9.18 Å². The van der Waals surface area contributed by atoms with E-state index in [4.69, 9.17) is 5.73 Å². The van der Waals surface area contributed by atoms with E-state index >= 15 is 0 Å². The van der Waals surface area contributed by atoms with E-state index in [-0.39, 0.29) is 11.7 Å². The van der Waals surface area contributed by atoms with Crippen molar-refractivity contribution in [1.29, 1.82) is 0 Å². The van der Waals surface area contributed by atoms with E-state index in [0.29, 0.717) is 18.7 Å². The minimum atomic E-state index is -0.304. The summed E-state index contributed by atoms with van der Waals surface area (Å²) in [4.78, 5) is 12.0. The van der Waals surface area contributed by atoms with Crippen LogP contribution < -0.4 is 11.1 Å². The Bertz CT molecular complexity index is 599. The zero-order valence-corrected chi connectivity index (χ0v) is 11.1. The van der Waals surface area contributed by atoms with Gasteiger partial charge in [0.1, 0.15) is 5.82 Å². The van der Waals surface area contributed by atoms with Crippen LogP contribution in [-0.4, -0.2) is 12.5 Å². The Morgan fingerprint density at radius 2 is 1.85 bits per heavy atom. The third-order valence-corrected chi connectivity index (χ3v) is 2.96. The largest absolute Gasteiger partial charge is 0.348 e. The lowest BCUT2D eigenvalue weighted by Crippen LogP contribution is -2.23. The molecule has 0 fully saturated rings. The van der Waals surface area contributed by atoms with Crippen molar-refractivity contribution in [2.45, 2.75) is 13.0 Å². The van der Waals surface area contributed by atoms with Crippen molar-refractivity contribution >= 4 is 5.91 Å². The molecule has 3 N–H and O–H groups in total. The first-order chi connectivity index (χ1) is 9.69. The highest BCUT2D eigenvalue weighted by Gasteiger charge is 2.06. The van der Waals surface area contributed by atoms with Gasteiger partial charge in [-0.25, -0.2) is 4.39 Å². The topological polar surface area (TPSA) is 55.1 Å². The van der Waals surface area contributed by atoms with E-state index in [2.05, 4.69) is 5.32 Å². The first kappa shape index (κ1) is 14.2. The Balaban J connectivity index is 1.99. The summed E-state index contributed by atoms with van der Waals surface area (Å²) in [6, 6.07) is 13.5. The fourth-order valence-electron chi connectivity index (χ4n) is 1.97. The third kappa shape index (κ3) is 3.90. The summed E-state index contributed by atoms with van der Waals surface area (Å²) in [6.45, 7) is 0.853. The number of nitrogens with two attached hydrogens (primary N) is 1. The van der Waals surface area contributed by atoms with Crippen molar-refractivity contribution in [3.05, 3.63) is 71.0 Å². The highest BCUT2D eigenvalue weighted by molar-refractivity contribution is 5.94. The Morgan fingerprint density at radius 1 is 1.10 bits per heavy atom. The molecule has 104 valence electrons. The lowest BCUT2D eigenvalue weighted by Gasteiger charge is -2.07. The molecule has 0 saturated carbocycles. The number of hydrogen-bond acceptors (Lipinski definition) is 2. The minimum Gasteiger partial charge on any atom is -0.348 e. The molecule has 2 rings (SSSR count). The van der Waals surface area contributed by atoms with Crippen LogP contribution in [0.15, 0.2) is 48.5 Å². The zero-order chi connectivity index (χ0) is 14.4. The molecule has 1 amide bonds. The minimum absolute atomic E-state index is 0.173. The van der Waals surface area contributed by atoms with Crippen LogP contribution in [0, 0.1) is 5.82 Å². The van der Waals surface area contributed by atoms with Crippen LogP contribution in [0.1, 0.15) is 21.5 Å². The van der Waals surface area contributed by atoms with Crippen LogP contribution in [0.2, 0.25) is 0 Å². The lowest BCUT2D eigenvalue weighted by atomic mass is 10.1. The maximum Gasteiger partial charge on any atom is 0.251 e. The molecule has 3 nitrogen and oxygen atoms in total. The summed E-state index contributed by atoms with van der Waals surface area (Å²) in [5, 5.41) is 2.77. The van der Waals surface area contributed by atoms with Gasteiger partial charge in [0, 0.05) is 12.1 Å². The molecule has 0 aliphatic heterocycles. The number of nitrogens with one attached hydrogen (secondary N) is 1. The number of hydrogen-bond donors (Lipinski definition) is 2. The quantitative estimate of drug-likeness (QED) is 0.877. The molecule has 0 bridgehead atoms. The summed E-state index contributed by atoms with van der Waals surface area (Å²) < 4.78 is 13.0. The van der Waals surface area contributed by atoms with E-state index < -0.39 is 0 Å². The van der Waals surface area contributed by atoms with E-state index in [1.807, 2.05) is 18.2 Å². The van der Waals surface area contributed by atoms with Crippen LogP contribution in [-0.2, 0) is 13.0 Å². The number of halogens is 1. The number of rotatable bonds is 5. The molecule has 0 atom stereocenters. The number of carbonyl (C=O) groups is 1. The molecule has 2 aromatic rings. The Labute approximate surface area is 117 Å². The summed E-state index contributed by atoms with van der Waals surface area (Å²) in [5.41, 5.74) is 7.86. The maximum absolute atomic E-state index is 13.0. The molecule has 0 unspecified atom stereocenters. The van der Waals surface area contributed by atoms with Gasteiger partial charge < -0.3 is 11.1 Å². The molecule has 0 aliphatic carbocycles. The van der Waals surface area contributed by atoms with Gasteiger partial charge in [0.2, 0.25) is 0 Å². The summed E-state index contributed by atoms with van der Waals surface area (Å²) in [6.07, 6.45) is 0.741. The van der Waals surface area contributed by atoms with Gasteiger partial charge in [0.25, 0.3) is 5.91 Å². The highest BCUT2D eigenvalue weighted by atomic mass is 19.1. The molecular formula is C16H17FN2O. The third-order valence-electron chi connectivity index (χ3n) is 2.96. The highest BCUT2D eigenvalue weighted by Crippen LogP contribution is 2.07. The van der Waals surface area contributed by atoms with Gasteiger partial charge in [-0.1, -0.05) is 24.3 Å². The van der Waals surface area contributed by atoms with Crippen molar-refractivity contribution < 1.29 is 9.18 Å². The van der Waals surface area contributed by atoms with Crippen molar-refractivity contribution in [2.24, 2.45) is 5.73 Å². The Hall–Kier alpha value is -2.20. The molecule has 0 saturated heterocycles. The van der Waals surface area contributed by atoms with Crippen LogP contribution in [0.4, 0.5) is 4.39 Å². The number of carbonyl (C=O) groups excluding carboxylic acids is 1. The summed E-state index contributed by atoms with van der Waals surface area (Å²) in [5.74, 6) is -0.477. The molecule has 20 heavy (non-hydrogen) atoms. The van der Waals surface area contributed by atoms with Gasteiger partial charge in [-0.15, -0.1) is 0 Å². The van der Waals surface area contributed by atoms with Crippen molar-refractivity contribution in [2.75, 3.05) is 6.54 Å². The Kier molecular flexibility index (Phi) is 4.85. The van der Waals surface area contributed by atoms with Gasteiger partial charge in [0.15, 0.2) is 0 Å². The fourth-order valence-corrected chi connectivity index (χ4v) is 1.97. The molecule has 0 aromatic heterocycles. The molecule has 4 heteroatoms.